The van der Waals surface area contributed by atoms with Crippen molar-refractivity contribution in [2.45, 2.75) is 12.5 Å². The number of hydrogen-bond acceptors (Lipinski definition) is 5. The van der Waals surface area contributed by atoms with Crippen LogP contribution in [-0.2, 0) is 9.63 Å². The molecule has 0 saturated heterocycles. The van der Waals surface area contributed by atoms with Gasteiger partial charge in [-0.3, -0.25) is 4.79 Å². The van der Waals surface area contributed by atoms with Gasteiger partial charge in [0.25, 0.3) is 5.91 Å². The van der Waals surface area contributed by atoms with E-state index in [4.69, 9.17) is 10.6 Å². The van der Waals surface area contributed by atoms with E-state index in [-0.39, 0.29) is 0 Å². The summed E-state index contributed by atoms with van der Waals surface area (Å²) in [5.41, 5.74) is 8.08. The van der Waals surface area contributed by atoms with Crippen LogP contribution < -0.4 is 10.6 Å². The lowest BCUT2D eigenvalue weighted by atomic mass is 10.0. The maximum Gasteiger partial charge on any atom is 0.261 e. The highest BCUT2D eigenvalue weighted by Gasteiger charge is 2.26. The van der Waals surface area contributed by atoms with Crippen molar-refractivity contribution in [3.05, 3.63) is 29.8 Å². The maximum atomic E-state index is 11.1. The fourth-order valence-electron chi connectivity index (χ4n) is 2.09. The first-order valence-corrected chi connectivity index (χ1v) is 6.95. The monoisotopic (exact) mass is 290 g/mol. The van der Waals surface area contributed by atoms with Gasteiger partial charge in [0.15, 0.2) is 0 Å². The van der Waals surface area contributed by atoms with Crippen LogP contribution >= 0.6 is 0 Å². The van der Waals surface area contributed by atoms with Crippen LogP contribution in [0, 0.1) is 0 Å². The van der Waals surface area contributed by atoms with Crippen LogP contribution in [0.3, 0.4) is 0 Å². The number of carbonyl (C=O) groups excluding carboxylic acids is 1. The second-order valence-corrected chi connectivity index (χ2v) is 5.51. The van der Waals surface area contributed by atoms with Crippen molar-refractivity contribution in [1.29, 1.82) is 0 Å². The number of primary amides is 1. The van der Waals surface area contributed by atoms with E-state index in [1.807, 2.05) is 24.3 Å². The molecule has 21 heavy (non-hydrogen) atoms. The maximum absolute atomic E-state index is 11.1. The predicted octanol–water partition coefficient (Wildman–Crippen LogP) is 0.663. The average Bonchev–Trinajstić information content (AvgIpc) is 2.95. The lowest BCUT2D eigenvalue weighted by molar-refractivity contribution is -0.127. The fraction of sp³-hybridized carbons (Fsp3) is 0.467. The van der Waals surface area contributed by atoms with Gasteiger partial charge in [0, 0.05) is 32.2 Å². The van der Waals surface area contributed by atoms with Crippen LogP contribution in [-0.4, -0.2) is 56.9 Å². The number of carbonyl (C=O) groups is 1. The van der Waals surface area contributed by atoms with Gasteiger partial charge in [-0.1, -0.05) is 17.3 Å². The van der Waals surface area contributed by atoms with Crippen LogP contribution in [0.5, 0.6) is 0 Å². The minimum Gasteiger partial charge on any atom is -0.382 e. The second-order valence-electron chi connectivity index (χ2n) is 5.51. The highest BCUT2D eigenvalue weighted by Crippen LogP contribution is 2.19. The van der Waals surface area contributed by atoms with Crippen LogP contribution in [0.25, 0.3) is 0 Å². The Morgan fingerprint density at radius 2 is 1.95 bits per heavy atom. The van der Waals surface area contributed by atoms with Gasteiger partial charge in [-0.15, -0.1) is 0 Å². The van der Waals surface area contributed by atoms with Crippen molar-refractivity contribution in [2.24, 2.45) is 10.9 Å². The van der Waals surface area contributed by atoms with E-state index < -0.39 is 12.0 Å². The van der Waals surface area contributed by atoms with Crippen molar-refractivity contribution in [3.63, 3.8) is 0 Å². The molecule has 1 aliphatic heterocycles. The highest BCUT2D eigenvalue weighted by molar-refractivity contribution is 6.04. The van der Waals surface area contributed by atoms with Crippen LogP contribution in [0.4, 0.5) is 5.69 Å². The molecule has 1 unspecified atom stereocenters. The molecule has 0 radical (unpaired) electrons. The third-order valence-electron chi connectivity index (χ3n) is 3.51. The minimum absolute atomic E-state index is 0.436. The minimum atomic E-state index is -0.637. The third-order valence-corrected chi connectivity index (χ3v) is 3.51. The van der Waals surface area contributed by atoms with Gasteiger partial charge in [0.05, 0.1) is 5.71 Å². The summed E-state index contributed by atoms with van der Waals surface area (Å²) in [5, 5.41) is 3.94. The molecule has 0 aliphatic carbocycles. The fourth-order valence-corrected chi connectivity index (χ4v) is 2.09. The van der Waals surface area contributed by atoms with E-state index in [0.717, 1.165) is 30.1 Å². The second kappa shape index (κ2) is 6.58. The Hall–Kier alpha value is -2.08. The summed E-state index contributed by atoms with van der Waals surface area (Å²) in [7, 11) is 6.19. The lowest BCUT2D eigenvalue weighted by Crippen LogP contribution is -2.28. The molecule has 2 rings (SSSR count). The SMILES string of the molecule is CN(C)CCN(C)c1ccc(C2=NOC(C(N)=O)C2)cc1. The lowest BCUT2D eigenvalue weighted by Gasteiger charge is -2.21. The Labute approximate surface area is 125 Å². The zero-order valence-electron chi connectivity index (χ0n) is 12.7. The van der Waals surface area contributed by atoms with Gasteiger partial charge >= 0.3 is 0 Å². The predicted molar refractivity (Wildman–Crippen MR) is 83.5 cm³/mol. The molecule has 6 heteroatoms. The van der Waals surface area contributed by atoms with Crippen molar-refractivity contribution >= 4 is 17.3 Å². The first kappa shape index (κ1) is 15.3. The number of hydrogen-bond donors (Lipinski definition) is 1. The van der Waals surface area contributed by atoms with E-state index in [2.05, 4.69) is 36.1 Å². The number of amides is 1. The molecule has 1 aromatic carbocycles. The molecule has 1 atom stereocenters. The molecule has 1 aliphatic rings. The molecule has 114 valence electrons. The standard InChI is InChI=1S/C15H22N4O2/c1-18(2)8-9-19(3)12-6-4-11(5-7-12)13-10-14(15(16)20)21-17-13/h4-7,14H,8-10H2,1-3H3,(H2,16,20). The summed E-state index contributed by atoms with van der Waals surface area (Å²) >= 11 is 0. The summed E-state index contributed by atoms with van der Waals surface area (Å²) in [6, 6.07) is 8.08. The number of nitrogens with zero attached hydrogens (tertiary/aromatic N) is 3. The summed E-state index contributed by atoms with van der Waals surface area (Å²) in [4.78, 5) is 20.4. The zero-order chi connectivity index (χ0) is 15.4. The van der Waals surface area contributed by atoms with Crippen molar-refractivity contribution in [1.82, 2.24) is 4.90 Å². The van der Waals surface area contributed by atoms with Gasteiger partial charge in [0.1, 0.15) is 0 Å². The molecule has 1 amide bonds. The van der Waals surface area contributed by atoms with Gasteiger partial charge in [-0.2, -0.15) is 0 Å². The van der Waals surface area contributed by atoms with Crippen LogP contribution in [0.2, 0.25) is 0 Å². The first-order valence-electron chi connectivity index (χ1n) is 6.95. The van der Waals surface area contributed by atoms with Crippen LogP contribution in [0.15, 0.2) is 29.4 Å². The van der Waals surface area contributed by atoms with Gasteiger partial charge in [0.2, 0.25) is 6.10 Å². The van der Waals surface area contributed by atoms with Crippen LogP contribution in [0.1, 0.15) is 12.0 Å². The van der Waals surface area contributed by atoms with E-state index in [1.165, 1.54) is 0 Å². The normalized spacial score (nSPS) is 17.5. The Morgan fingerprint density at radius 3 is 2.48 bits per heavy atom. The van der Waals surface area contributed by atoms with Crippen molar-refractivity contribution in [2.75, 3.05) is 39.1 Å². The molecule has 1 aromatic rings. The summed E-state index contributed by atoms with van der Waals surface area (Å²) in [6.45, 7) is 1.96. The van der Waals surface area contributed by atoms with E-state index in [0.29, 0.717) is 6.42 Å². The first-order chi connectivity index (χ1) is 9.97. The Morgan fingerprint density at radius 1 is 1.29 bits per heavy atom. The van der Waals surface area contributed by atoms with Gasteiger partial charge in [-0.05, 0) is 31.8 Å². The summed E-state index contributed by atoms with van der Waals surface area (Å²) in [5.74, 6) is -0.478. The molecule has 0 bridgehead atoms. The number of rotatable bonds is 6. The van der Waals surface area contributed by atoms with Crippen molar-refractivity contribution in [3.8, 4) is 0 Å². The highest BCUT2D eigenvalue weighted by atomic mass is 16.6. The Bertz CT molecular complexity index is 525. The number of likely N-dealkylation sites (N-methyl/N-ethyl adjacent to an activating group) is 2. The molecule has 0 saturated carbocycles. The molecule has 1 heterocycles. The zero-order valence-corrected chi connectivity index (χ0v) is 12.7. The van der Waals surface area contributed by atoms with E-state index >= 15 is 0 Å². The molecule has 6 nitrogen and oxygen atoms in total. The summed E-state index contributed by atoms with van der Waals surface area (Å²) in [6.07, 6.45) is -0.201. The number of benzene rings is 1. The number of oxime groups is 1. The molecule has 0 fully saturated rings. The van der Waals surface area contributed by atoms with E-state index in [9.17, 15) is 4.79 Å². The average molecular weight is 290 g/mol. The Balaban J connectivity index is 1.98. The molecule has 2 N–H and O–H groups in total. The molecule has 0 spiro atoms. The molecular formula is C15H22N4O2. The third kappa shape index (κ3) is 3.95. The van der Waals surface area contributed by atoms with Crippen molar-refractivity contribution < 1.29 is 9.63 Å². The molecular weight excluding hydrogens is 268 g/mol. The van der Waals surface area contributed by atoms with Gasteiger partial charge in [-0.25, -0.2) is 0 Å². The largest absolute Gasteiger partial charge is 0.382 e. The van der Waals surface area contributed by atoms with Gasteiger partial charge < -0.3 is 20.4 Å². The topological polar surface area (TPSA) is 71.2 Å². The quantitative estimate of drug-likeness (QED) is 0.835. The molecule has 0 aromatic heterocycles. The van der Waals surface area contributed by atoms with E-state index in [1.54, 1.807) is 0 Å². The Kier molecular flexibility index (Phi) is 4.80. The number of nitrogens with two attached hydrogens (primary N) is 1. The smallest absolute Gasteiger partial charge is 0.261 e. The summed E-state index contributed by atoms with van der Waals surface area (Å²) < 4.78 is 0. The number of anilines is 1.